The summed E-state index contributed by atoms with van der Waals surface area (Å²) in [5.41, 5.74) is 1.86. The molecule has 0 aliphatic heterocycles. The van der Waals surface area contributed by atoms with Crippen molar-refractivity contribution in [3.63, 3.8) is 0 Å². The number of alkyl halides is 2. The Morgan fingerprint density at radius 3 is 2.21 bits per heavy atom. The molecule has 0 saturated heterocycles. The third kappa shape index (κ3) is 2.07. The van der Waals surface area contributed by atoms with Gasteiger partial charge in [-0.25, -0.2) is 0 Å². The predicted molar refractivity (Wildman–Crippen MR) is 58.7 cm³/mol. The molecular weight excluding hydrogens is 223 g/mol. The third-order valence-electron chi connectivity index (χ3n) is 2.02. The van der Waals surface area contributed by atoms with E-state index in [1.807, 2.05) is 12.1 Å². The molecule has 0 aliphatic carbocycles. The normalized spacial score (nSPS) is 10.0. The van der Waals surface area contributed by atoms with E-state index < -0.39 is 0 Å². The molecule has 78 valence electrons. The molecule has 0 N–H and O–H groups in total. The zero-order chi connectivity index (χ0) is 10.6. The smallest absolute Gasteiger partial charge is 0.165 e. The molecule has 4 heteroatoms. The Balaban J connectivity index is 3.28. The zero-order valence-electron chi connectivity index (χ0n) is 8.14. The maximum Gasteiger partial charge on any atom is 0.165 e. The zero-order valence-corrected chi connectivity index (χ0v) is 9.65. The van der Waals surface area contributed by atoms with Gasteiger partial charge in [0.05, 0.1) is 20.1 Å². The Morgan fingerprint density at radius 1 is 1.07 bits per heavy atom. The summed E-state index contributed by atoms with van der Waals surface area (Å²) in [6.45, 7) is 0. The summed E-state index contributed by atoms with van der Waals surface area (Å²) in [5, 5.41) is 0. The molecule has 1 aromatic rings. The van der Waals surface area contributed by atoms with Crippen LogP contribution in [-0.2, 0) is 11.8 Å². The Morgan fingerprint density at radius 2 is 1.79 bits per heavy atom. The van der Waals surface area contributed by atoms with Gasteiger partial charge in [0.2, 0.25) is 0 Å². The number of ether oxygens (including phenoxy) is 2. The average Bonchev–Trinajstić information content (AvgIpc) is 2.26. The van der Waals surface area contributed by atoms with Gasteiger partial charge >= 0.3 is 0 Å². The number of hydrogen-bond acceptors (Lipinski definition) is 2. The highest BCUT2D eigenvalue weighted by Gasteiger charge is 2.12. The lowest BCUT2D eigenvalue weighted by molar-refractivity contribution is 0.352. The maximum absolute atomic E-state index is 5.83. The van der Waals surface area contributed by atoms with E-state index in [0.29, 0.717) is 23.3 Å². The van der Waals surface area contributed by atoms with E-state index in [1.54, 1.807) is 14.2 Å². The van der Waals surface area contributed by atoms with E-state index in [4.69, 9.17) is 32.7 Å². The molecule has 0 fully saturated rings. The van der Waals surface area contributed by atoms with Gasteiger partial charge in [-0.1, -0.05) is 6.07 Å². The Hall–Kier alpha value is -0.600. The van der Waals surface area contributed by atoms with Crippen LogP contribution < -0.4 is 9.47 Å². The molecule has 1 aromatic carbocycles. The molecule has 0 atom stereocenters. The quantitative estimate of drug-likeness (QED) is 0.746. The fourth-order valence-corrected chi connectivity index (χ4v) is 1.85. The first-order chi connectivity index (χ1) is 6.78. The molecule has 0 saturated carbocycles. The van der Waals surface area contributed by atoms with Crippen LogP contribution in [-0.4, -0.2) is 14.2 Å². The largest absolute Gasteiger partial charge is 0.493 e. The van der Waals surface area contributed by atoms with Crippen molar-refractivity contribution in [2.75, 3.05) is 14.2 Å². The van der Waals surface area contributed by atoms with Crippen LogP contribution in [0.2, 0.25) is 0 Å². The molecule has 0 heterocycles. The van der Waals surface area contributed by atoms with E-state index in [-0.39, 0.29) is 0 Å². The van der Waals surface area contributed by atoms with Crippen LogP contribution in [0, 0.1) is 0 Å². The van der Waals surface area contributed by atoms with Gasteiger partial charge in [0.15, 0.2) is 11.5 Å². The fraction of sp³-hybridized carbons (Fsp3) is 0.400. The van der Waals surface area contributed by atoms with E-state index in [1.165, 1.54) is 0 Å². The topological polar surface area (TPSA) is 18.5 Å². The van der Waals surface area contributed by atoms with E-state index in [9.17, 15) is 0 Å². The van der Waals surface area contributed by atoms with Gasteiger partial charge in [-0.15, -0.1) is 23.2 Å². The van der Waals surface area contributed by atoms with Crippen molar-refractivity contribution >= 4 is 23.2 Å². The van der Waals surface area contributed by atoms with E-state index in [0.717, 1.165) is 11.1 Å². The van der Waals surface area contributed by atoms with Crippen molar-refractivity contribution in [1.82, 2.24) is 0 Å². The van der Waals surface area contributed by atoms with Crippen molar-refractivity contribution in [1.29, 1.82) is 0 Å². The molecule has 0 unspecified atom stereocenters. The summed E-state index contributed by atoms with van der Waals surface area (Å²) >= 11 is 11.6. The van der Waals surface area contributed by atoms with Gasteiger partial charge < -0.3 is 9.47 Å². The van der Waals surface area contributed by atoms with Gasteiger partial charge in [0.25, 0.3) is 0 Å². The summed E-state index contributed by atoms with van der Waals surface area (Å²) in [6, 6.07) is 3.72. The van der Waals surface area contributed by atoms with Crippen molar-refractivity contribution < 1.29 is 9.47 Å². The molecule has 0 aromatic heterocycles. The molecule has 14 heavy (non-hydrogen) atoms. The number of benzene rings is 1. The maximum atomic E-state index is 5.83. The van der Waals surface area contributed by atoms with Gasteiger partial charge in [0, 0.05) is 11.4 Å². The van der Waals surface area contributed by atoms with Crippen molar-refractivity contribution in [2.45, 2.75) is 11.8 Å². The van der Waals surface area contributed by atoms with Crippen LogP contribution in [0.25, 0.3) is 0 Å². The Bertz CT molecular complexity index is 282. The summed E-state index contributed by atoms with van der Waals surface area (Å²) in [5.74, 6) is 2.13. The molecular formula is C10H12Cl2O2. The predicted octanol–water partition coefficient (Wildman–Crippen LogP) is 3.18. The second kappa shape index (κ2) is 5.32. The summed E-state index contributed by atoms with van der Waals surface area (Å²) in [6.07, 6.45) is 0. The molecule has 0 bridgehead atoms. The highest BCUT2D eigenvalue weighted by atomic mass is 35.5. The molecule has 0 spiro atoms. The molecule has 2 nitrogen and oxygen atoms in total. The first-order valence-corrected chi connectivity index (χ1v) is 5.20. The number of rotatable bonds is 4. The minimum Gasteiger partial charge on any atom is -0.493 e. The van der Waals surface area contributed by atoms with Crippen molar-refractivity contribution in [3.8, 4) is 11.5 Å². The highest BCUT2D eigenvalue weighted by molar-refractivity contribution is 6.19. The standard InChI is InChI=1S/C10H12Cl2O2/c1-13-9-4-3-7(5-11)8(6-12)10(9)14-2/h3-4H,5-6H2,1-2H3. The van der Waals surface area contributed by atoms with E-state index >= 15 is 0 Å². The van der Waals surface area contributed by atoms with Crippen molar-refractivity contribution in [2.24, 2.45) is 0 Å². The van der Waals surface area contributed by atoms with Gasteiger partial charge in [0.1, 0.15) is 0 Å². The number of hydrogen-bond donors (Lipinski definition) is 0. The Kier molecular flexibility index (Phi) is 4.36. The van der Waals surface area contributed by atoms with Crippen LogP contribution in [0.15, 0.2) is 12.1 Å². The molecule has 0 radical (unpaired) electrons. The van der Waals surface area contributed by atoms with Gasteiger partial charge in [-0.2, -0.15) is 0 Å². The van der Waals surface area contributed by atoms with Crippen LogP contribution in [0.3, 0.4) is 0 Å². The van der Waals surface area contributed by atoms with E-state index in [2.05, 4.69) is 0 Å². The molecule has 0 amide bonds. The lowest BCUT2D eigenvalue weighted by Gasteiger charge is -2.13. The second-order valence-electron chi connectivity index (χ2n) is 2.71. The first-order valence-electron chi connectivity index (χ1n) is 4.13. The van der Waals surface area contributed by atoms with Gasteiger partial charge in [-0.3, -0.25) is 0 Å². The first kappa shape index (κ1) is 11.5. The minimum absolute atomic E-state index is 0.364. The van der Waals surface area contributed by atoms with Crippen LogP contribution in [0.4, 0.5) is 0 Å². The highest BCUT2D eigenvalue weighted by Crippen LogP contribution is 2.34. The minimum atomic E-state index is 0.364. The molecule has 1 rings (SSSR count). The number of methoxy groups -OCH3 is 2. The van der Waals surface area contributed by atoms with Crippen LogP contribution in [0.5, 0.6) is 11.5 Å². The average molecular weight is 235 g/mol. The summed E-state index contributed by atoms with van der Waals surface area (Å²) < 4.78 is 10.4. The lowest BCUT2D eigenvalue weighted by Crippen LogP contribution is -1.98. The van der Waals surface area contributed by atoms with Crippen LogP contribution in [0.1, 0.15) is 11.1 Å². The fourth-order valence-electron chi connectivity index (χ4n) is 1.30. The third-order valence-corrected chi connectivity index (χ3v) is 2.58. The van der Waals surface area contributed by atoms with Gasteiger partial charge in [-0.05, 0) is 11.6 Å². The lowest BCUT2D eigenvalue weighted by atomic mass is 10.1. The summed E-state index contributed by atoms with van der Waals surface area (Å²) in [4.78, 5) is 0. The SMILES string of the molecule is COc1ccc(CCl)c(CCl)c1OC. The Labute approximate surface area is 93.7 Å². The van der Waals surface area contributed by atoms with Crippen molar-refractivity contribution in [3.05, 3.63) is 23.3 Å². The monoisotopic (exact) mass is 234 g/mol. The number of halogens is 2. The summed E-state index contributed by atoms with van der Waals surface area (Å²) in [7, 11) is 3.18. The second-order valence-corrected chi connectivity index (χ2v) is 3.24. The molecule has 0 aliphatic rings. The van der Waals surface area contributed by atoms with Crippen LogP contribution >= 0.6 is 23.2 Å².